The summed E-state index contributed by atoms with van der Waals surface area (Å²) in [7, 11) is -3.39. The van der Waals surface area contributed by atoms with E-state index < -0.39 is 10.0 Å². The monoisotopic (exact) mass is 310 g/mol. The summed E-state index contributed by atoms with van der Waals surface area (Å²) in [6.07, 6.45) is 3.94. The number of benzene rings is 1. The smallest absolute Gasteiger partial charge is 0.240 e. The predicted octanol–water partition coefficient (Wildman–Crippen LogP) is 3.22. The Balaban J connectivity index is 1.96. The van der Waals surface area contributed by atoms with Crippen LogP contribution in [0.5, 0.6) is 0 Å². The highest BCUT2D eigenvalue weighted by molar-refractivity contribution is 7.89. The molecule has 2 N–H and O–H groups in total. The van der Waals surface area contributed by atoms with Crippen LogP contribution in [-0.2, 0) is 10.0 Å². The fourth-order valence-corrected chi connectivity index (χ4v) is 4.16. The topological polar surface area (TPSA) is 58.2 Å². The van der Waals surface area contributed by atoms with Crippen LogP contribution in [0.2, 0.25) is 0 Å². The Labute approximate surface area is 128 Å². The first kappa shape index (κ1) is 16.3. The van der Waals surface area contributed by atoms with Crippen molar-refractivity contribution in [3.8, 4) is 0 Å². The second-order valence-corrected chi connectivity index (χ2v) is 8.06. The molecule has 0 amide bonds. The zero-order valence-electron chi connectivity index (χ0n) is 13.1. The minimum absolute atomic E-state index is 0.100. The SMILES string of the molecule is CC(C)NS(=O)(=O)c1ccc(NCC2CCCC2C)cc1. The Morgan fingerprint density at radius 1 is 1.19 bits per heavy atom. The lowest BCUT2D eigenvalue weighted by Gasteiger charge is -2.17. The van der Waals surface area contributed by atoms with E-state index in [0.717, 1.165) is 24.1 Å². The molecule has 21 heavy (non-hydrogen) atoms. The van der Waals surface area contributed by atoms with Crippen LogP contribution in [0.4, 0.5) is 5.69 Å². The predicted molar refractivity (Wildman–Crippen MR) is 86.9 cm³/mol. The summed E-state index contributed by atoms with van der Waals surface area (Å²) in [6, 6.07) is 6.90. The largest absolute Gasteiger partial charge is 0.385 e. The summed E-state index contributed by atoms with van der Waals surface area (Å²) in [4.78, 5) is 0.316. The summed E-state index contributed by atoms with van der Waals surface area (Å²) in [5.41, 5.74) is 0.984. The van der Waals surface area contributed by atoms with E-state index in [1.807, 2.05) is 26.0 Å². The molecule has 1 saturated carbocycles. The maximum Gasteiger partial charge on any atom is 0.240 e. The van der Waals surface area contributed by atoms with Crippen molar-refractivity contribution >= 4 is 15.7 Å². The zero-order valence-corrected chi connectivity index (χ0v) is 13.9. The zero-order chi connectivity index (χ0) is 15.5. The molecule has 1 fully saturated rings. The molecule has 5 heteroatoms. The maximum atomic E-state index is 12.0. The lowest BCUT2D eigenvalue weighted by molar-refractivity contribution is 0.439. The average molecular weight is 310 g/mol. The summed E-state index contributed by atoms with van der Waals surface area (Å²) >= 11 is 0. The van der Waals surface area contributed by atoms with Crippen LogP contribution in [0, 0.1) is 11.8 Å². The van der Waals surface area contributed by atoms with Gasteiger partial charge in [-0.3, -0.25) is 0 Å². The number of anilines is 1. The first-order valence-electron chi connectivity index (χ1n) is 7.75. The number of hydrogen-bond donors (Lipinski definition) is 2. The molecule has 118 valence electrons. The molecule has 0 spiro atoms. The maximum absolute atomic E-state index is 12.0. The van der Waals surface area contributed by atoms with E-state index in [0.29, 0.717) is 4.90 Å². The first-order chi connectivity index (χ1) is 9.88. The third-order valence-corrected chi connectivity index (χ3v) is 5.84. The van der Waals surface area contributed by atoms with E-state index in [-0.39, 0.29) is 6.04 Å². The standard InChI is InChI=1S/C16H26N2O2S/c1-12(2)18-21(19,20)16-9-7-15(8-10-16)17-11-14-6-4-5-13(14)3/h7-10,12-14,17-18H,4-6,11H2,1-3H3. The number of nitrogens with one attached hydrogen (secondary N) is 2. The van der Waals surface area contributed by atoms with E-state index >= 15 is 0 Å². The van der Waals surface area contributed by atoms with Crippen molar-refractivity contribution in [1.82, 2.24) is 4.72 Å². The van der Waals surface area contributed by atoms with Gasteiger partial charge in [0.25, 0.3) is 0 Å². The van der Waals surface area contributed by atoms with Crippen LogP contribution in [0.1, 0.15) is 40.0 Å². The van der Waals surface area contributed by atoms with Gasteiger partial charge in [-0.25, -0.2) is 13.1 Å². The van der Waals surface area contributed by atoms with Crippen molar-refractivity contribution in [3.05, 3.63) is 24.3 Å². The lowest BCUT2D eigenvalue weighted by Crippen LogP contribution is -2.30. The molecule has 1 aromatic rings. The quantitative estimate of drug-likeness (QED) is 0.848. The molecular formula is C16H26N2O2S. The van der Waals surface area contributed by atoms with Crippen LogP contribution in [0.3, 0.4) is 0 Å². The number of sulfonamides is 1. The Bertz CT molecular complexity index is 552. The van der Waals surface area contributed by atoms with Crippen molar-refractivity contribution < 1.29 is 8.42 Å². The van der Waals surface area contributed by atoms with Crippen LogP contribution in [0.15, 0.2) is 29.2 Å². The van der Waals surface area contributed by atoms with Gasteiger partial charge in [0.05, 0.1) is 4.90 Å². The first-order valence-corrected chi connectivity index (χ1v) is 9.23. The van der Waals surface area contributed by atoms with Gasteiger partial charge in [-0.2, -0.15) is 0 Å². The summed E-state index contributed by atoms with van der Waals surface area (Å²) in [5, 5.41) is 3.42. The Morgan fingerprint density at radius 2 is 1.86 bits per heavy atom. The Morgan fingerprint density at radius 3 is 2.38 bits per heavy atom. The van der Waals surface area contributed by atoms with Crippen LogP contribution < -0.4 is 10.0 Å². The summed E-state index contributed by atoms with van der Waals surface area (Å²) in [5.74, 6) is 1.52. The van der Waals surface area contributed by atoms with Gasteiger partial charge in [-0.15, -0.1) is 0 Å². The van der Waals surface area contributed by atoms with E-state index in [4.69, 9.17) is 0 Å². The second kappa shape index (κ2) is 6.79. The molecule has 0 radical (unpaired) electrons. The van der Waals surface area contributed by atoms with Gasteiger partial charge in [0, 0.05) is 18.3 Å². The number of hydrogen-bond acceptors (Lipinski definition) is 3. The molecule has 0 aromatic heterocycles. The molecule has 0 aliphatic heterocycles. The van der Waals surface area contributed by atoms with Crippen molar-refractivity contribution in [2.24, 2.45) is 11.8 Å². The van der Waals surface area contributed by atoms with Crippen molar-refractivity contribution in [2.45, 2.75) is 51.0 Å². The van der Waals surface area contributed by atoms with Gasteiger partial charge in [-0.05, 0) is 56.4 Å². The highest BCUT2D eigenvalue weighted by Crippen LogP contribution is 2.31. The highest BCUT2D eigenvalue weighted by atomic mass is 32.2. The molecule has 1 aromatic carbocycles. The van der Waals surface area contributed by atoms with E-state index in [9.17, 15) is 8.42 Å². The molecule has 2 atom stereocenters. The summed E-state index contributed by atoms with van der Waals surface area (Å²) in [6.45, 7) is 6.91. The molecule has 4 nitrogen and oxygen atoms in total. The fraction of sp³-hybridized carbons (Fsp3) is 0.625. The normalized spacial score (nSPS) is 22.7. The van der Waals surface area contributed by atoms with Crippen LogP contribution in [0.25, 0.3) is 0 Å². The van der Waals surface area contributed by atoms with Gasteiger partial charge in [0.2, 0.25) is 10.0 Å². The van der Waals surface area contributed by atoms with Crippen molar-refractivity contribution in [3.63, 3.8) is 0 Å². The van der Waals surface area contributed by atoms with Gasteiger partial charge in [0.1, 0.15) is 0 Å². The second-order valence-electron chi connectivity index (χ2n) is 6.35. The van der Waals surface area contributed by atoms with Crippen molar-refractivity contribution in [1.29, 1.82) is 0 Å². The van der Waals surface area contributed by atoms with Crippen LogP contribution in [-0.4, -0.2) is 21.0 Å². The molecular weight excluding hydrogens is 284 g/mol. The molecule has 0 saturated heterocycles. The molecule has 2 unspecified atom stereocenters. The van der Waals surface area contributed by atoms with Gasteiger partial charge >= 0.3 is 0 Å². The molecule has 0 heterocycles. The molecule has 1 aliphatic rings. The minimum atomic E-state index is -3.39. The van der Waals surface area contributed by atoms with E-state index in [1.165, 1.54) is 19.3 Å². The van der Waals surface area contributed by atoms with E-state index in [2.05, 4.69) is 17.0 Å². The fourth-order valence-electron chi connectivity index (χ4n) is 2.90. The average Bonchev–Trinajstić information content (AvgIpc) is 2.81. The van der Waals surface area contributed by atoms with Crippen molar-refractivity contribution in [2.75, 3.05) is 11.9 Å². The molecule has 0 bridgehead atoms. The number of rotatable bonds is 6. The Hall–Kier alpha value is -1.07. The van der Waals surface area contributed by atoms with E-state index in [1.54, 1.807) is 12.1 Å². The minimum Gasteiger partial charge on any atom is -0.385 e. The van der Waals surface area contributed by atoms with Gasteiger partial charge < -0.3 is 5.32 Å². The summed E-state index contributed by atoms with van der Waals surface area (Å²) < 4.78 is 26.7. The lowest BCUT2D eigenvalue weighted by atomic mass is 9.98. The highest BCUT2D eigenvalue weighted by Gasteiger charge is 2.22. The van der Waals surface area contributed by atoms with Gasteiger partial charge in [0.15, 0.2) is 0 Å². The van der Waals surface area contributed by atoms with Crippen LogP contribution >= 0.6 is 0 Å². The third kappa shape index (κ3) is 4.45. The Kier molecular flexibility index (Phi) is 5.27. The molecule has 2 rings (SSSR count). The third-order valence-electron chi connectivity index (χ3n) is 4.16. The molecule has 1 aliphatic carbocycles. The van der Waals surface area contributed by atoms with Gasteiger partial charge in [-0.1, -0.05) is 19.8 Å².